The molecule has 3 rings (SSSR count). The van der Waals surface area contributed by atoms with Crippen LogP contribution in [0.5, 0.6) is 0 Å². The smallest absolute Gasteiger partial charge is 0.215 e. The van der Waals surface area contributed by atoms with Gasteiger partial charge in [0.25, 0.3) is 0 Å². The Labute approximate surface area is 151 Å². The lowest BCUT2D eigenvalue weighted by Crippen LogP contribution is -2.44. The summed E-state index contributed by atoms with van der Waals surface area (Å²) < 4.78 is 33.3. The first-order chi connectivity index (χ1) is 11.5. The van der Waals surface area contributed by atoms with Gasteiger partial charge in [-0.3, -0.25) is 0 Å². The molecule has 0 bridgehead atoms. The molecule has 130 valence electrons. The number of halogens is 1. The average Bonchev–Trinajstić information content (AvgIpc) is 3.11. The zero-order chi connectivity index (χ0) is 17.0. The van der Waals surface area contributed by atoms with E-state index < -0.39 is 10.0 Å². The van der Waals surface area contributed by atoms with Crippen LogP contribution in [-0.2, 0) is 25.9 Å². The molecule has 1 aliphatic heterocycles. The van der Waals surface area contributed by atoms with Gasteiger partial charge in [-0.2, -0.15) is 0 Å². The molecule has 1 fully saturated rings. The Hall–Kier alpha value is -0.920. The normalized spacial score (nSPS) is 17.7. The molecule has 2 heterocycles. The number of hydrogen-bond donors (Lipinski definition) is 1. The predicted molar refractivity (Wildman–Crippen MR) is 98.1 cm³/mol. The van der Waals surface area contributed by atoms with Crippen LogP contribution in [0.1, 0.15) is 23.3 Å². The van der Waals surface area contributed by atoms with Crippen molar-refractivity contribution in [3.05, 3.63) is 57.2 Å². The zero-order valence-electron chi connectivity index (χ0n) is 13.2. The maximum absolute atomic E-state index is 12.5. The molecule has 1 aliphatic rings. The second-order valence-electron chi connectivity index (χ2n) is 6.04. The first kappa shape index (κ1) is 17.9. The van der Waals surface area contributed by atoms with Crippen molar-refractivity contribution in [3.8, 4) is 0 Å². The number of ether oxygens (including phenoxy) is 1. The summed E-state index contributed by atoms with van der Waals surface area (Å²) in [5.74, 6) is -0.107. The lowest BCUT2D eigenvalue weighted by molar-refractivity contribution is 0.0529. The molecule has 1 saturated heterocycles. The van der Waals surface area contributed by atoms with Crippen molar-refractivity contribution in [2.75, 3.05) is 19.8 Å². The van der Waals surface area contributed by atoms with Crippen molar-refractivity contribution in [1.82, 2.24) is 4.72 Å². The molecule has 7 heteroatoms. The van der Waals surface area contributed by atoms with Gasteiger partial charge in [0.1, 0.15) is 0 Å². The van der Waals surface area contributed by atoms with Crippen LogP contribution in [0.3, 0.4) is 0 Å². The second-order valence-corrected chi connectivity index (χ2v) is 9.20. The number of sulfonamides is 1. The monoisotopic (exact) mass is 385 g/mol. The highest BCUT2D eigenvalue weighted by Gasteiger charge is 2.36. The minimum absolute atomic E-state index is 0.107. The summed E-state index contributed by atoms with van der Waals surface area (Å²) in [6.07, 6.45) is 1.64. The fraction of sp³-hybridized carbons (Fsp3) is 0.412. The second kappa shape index (κ2) is 7.54. The van der Waals surface area contributed by atoms with E-state index in [1.54, 1.807) is 35.6 Å². The molecule has 24 heavy (non-hydrogen) atoms. The average molecular weight is 386 g/mol. The van der Waals surface area contributed by atoms with Crippen molar-refractivity contribution >= 4 is 33.0 Å². The lowest BCUT2D eigenvalue weighted by atomic mass is 9.79. The number of nitrogens with one attached hydrogen (secondary N) is 1. The van der Waals surface area contributed by atoms with Crippen molar-refractivity contribution in [1.29, 1.82) is 0 Å². The van der Waals surface area contributed by atoms with Crippen LogP contribution in [0.25, 0.3) is 0 Å². The fourth-order valence-electron chi connectivity index (χ4n) is 2.97. The molecule has 0 spiro atoms. The van der Waals surface area contributed by atoms with Crippen molar-refractivity contribution in [3.63, 3.8) is 0 Å². The maximum Gasteiger partial charge on any atom is 0.215 e. The van der Waals surface area contributed by atoms with Gasteiger partial charge in [-0.15, -0.1) is 11.3 Å². The van der Waals surface area contributed by atoms with E-state index in [1.165, 1.54) is 4.88 Å². The minimum atomic E-state index is -3.46. The van der Waals surface area contributed by atoms with Crippen LogP contribution in [0.4, 0.5) is 0 Å². The Morgan fingerprint density at radius 2 is 1.92 bits per heavy atom. The third-order valence-electron chi connectivity index (χ3n) is 4.43. The molecule has 0 saturated carbocycles. The van der Waals surface area contributed by atoms with Gasteiger partial charge >= 0.3 is 0 Å². The summed E-state index contributed by atoms with van der Waals surface area (Å²) in [5.41, 5.74) is 0.434. The van der Waals surface area contributed by atoms with E-state index in [1.807, 2.05) is 11.4 Å². The van der Waals surface area contributed by atoms with Gasteiger partial charge in [0.2, 0.25) is 10.0 Å². The third kappa shape index (κ3) is 4.18. The molecule has 2 aromatic rings. The van der Waals surface area contributed by atoms with E-state index in [0.717, 1.165) is 12.8 Å². The first-order valence-corrected chi connectivity index (χ1v) is 10.7. The Kier molecular flexibility index (Phi) is 5.62. The molecule has 1 aromatic carbocycles. The molecule has 1 aromatic heterocycles. The van der Waals surface area contributed by atoms with Gasteiger partial charge in [-0.05, 0) is 35.9 Å². The highest BCUT2D eigenvalue weighted by Crippen LogP contribution is 2.37. The summed E-state index contributed by atoms with van der Waals surface area (Å²) in [7, 11) is -3.46. The van der Waals surface area contributed by atoms with Gasteiger partial charge in [0.05, 0.1) is 5.75 Å². The number of hydrogen-bond acceptors (Lipinski definition) is 4. The van der Waals surface area contributed by atoms with Crippen LogP contribution in [-0.4, -0.2) is 28.2 Å². The van der Waals surface area contributed by atoms with Crippen LogP contribution in [0.15, 0.2) is 41.8 Å². The topological polar surface area (TPSA) is 55.4 Å². The minimum Gasteiger partial charge on any atom is -0.381 e. The maximum atomic E-state index is 12.5. The van der Waals surface area contributed by atoms with E-state index in [2.05, 4.69) is 10.8 Å². The highest BCUT2D eigenvalue weighted by atomic mass is 35.5. The molecule has 0 radical (unpaired) electrons. The summed E-state index contributed by atoms with van der Waals surface area (Å²) in [6, 6.07) is 11.1. The van der Waals surface area contributed by atoms with Crippen molar-refractivity contribution in [2.45, 2.75) is 24.0 Å². The van der Waals surface area contributed by atoms with Crippen molar-refractivity contribution < 1.29 is 13.2 Å². The predicted octanol–water partition coefficient (Wildman–Crippen LogP) is 3.57. The van der Waals surface area contributed by atoms with E-state index in [9.17, 15) is 8.42 Å². The van der Waals surface area contributed by atoms with E-state index >= 15 is 0 Å². The fourth-order valence-corrected chi connectivity index (χ4v) is 5.50. The number of benzene rings is 1. The first-order valence-electron chi connectivity index (χ1n) is 7.83. The van der Waals surface area contributed by atoms with Crippen LogP contribution in [0.2, 0.25) is 5.02 Å². The van der Waals surface area contributed by atoms with Gasteiger partial charge in [-0.25, -0.2) is 13.1 Å². The largest absolute Gasteiger partial charge is 0.381 e. The summed E-state index contributed by atoms with van der Waals surface area (Å²) in [4.78, 5) is 1.21. The summed E-state index contributed by atoms with van der Waals surface area (Å²) in [6.45, 7) is 1.71. The van der Waals surface area contributed by atoms with Crippen LogP contribution < -0.4 is 4.72 Å². The van der Waals surface area contributed by atoms with E-state index in [4.69, 9.17) is 16.3 Å². The van der Waals surface area contributed by atoms with Crippen LogP contribution >= 0.6 is 22.9 Å². The quantitative estimate of drug-likeness (QED) is 0.827. The standard InChI is InChI=1S/C17H20ClNO3S2/c18-15-5-2-1-4-14(15)12-24(20,21)19-13-17(7-9-22-10-8-17)16-6-3-11-23-16/h1-6,11,19H,7-10,12-13H2. The van der Waals surface area contributed by atoms with Gasteiger partial charge in [0.15, 0.2) is 0 Å². The van der Waals surface area contributed by atoms with Gasteiger partial charge in [0, 0.05) is 35.1 Å². The summed E-state index contributed by atoms with van der Waals surface area (Å²) >= 11 is 7.75. The third-order valence-corrected chi connectivity index (χ3v) is 7.19. The van der Waals surface area contributed by atoms with Crippen molar-refractivity contribution in [2.24, 2.45) is 0 Å². The van der Waals surface area contributed by atoms with E-state index in [0.29, 0.717) is 30.3 Å². The Balaban J connectivity index is 1.73. The Morgan fingerprint density at radius 1 is 1.17 bits per heavy atom. The Bertz CT molecular complexity index is 769. The molecule has 4 nitrogen and oxygen atoms in total. The SMILES string of the molecule is O=S(=O)(Cc1ccccc1Cl)NCC1(c2cccs2)CCOCC1. The molecule has 0 unspecified atom stereocenters. The lowest BCUT2D eigenvalue weighted by Gasteiger charge is -2.36. The van der Waals surface area contributed by atoms with Gasteiger partial charge < -0.3 is 4.74 Å². The number of thiophene rings is 1. The summed E-state index contributed by atoms with van der Waals surface area (Å²) in [5, 5.41) is 2.51. The van der Waals surface area contributed by atoms with E-state index in [-0.39, 0.29) is 11.2 Å². The number of rotatable bonds is 6. The molecular weight excluding hydrogens is 366 g/mol. The zero-order valence-corrected chi connectivity index (χ0v) is 15.6. The molecular formula is C17H20ClNO3S2. The highest BCUT2D eigenvalue weighted by molar-refractivity contribution is 7.88. The molecule has 1 N–H and O–H groups in total. The molecule has 0 aliphatic carbocycles. The van der Waals surface area contributed by atoms with Gasteiger partial charge in [-0.1, -0.05) is 35.9 Å². The molecule has 0 amide bonds. The Morgan fingerprint density at radius 3 is 2.58 bits per heavy atom. The van der Waals surface area contributed by atoms with Crippen LogP contribution in [0, 0.1) is 0 Å². The molecule has 0 atom stereocenters.